The molecule has 0 fully saturated rings. The molecule has 0 saturated carbocycles. The quantitative estimate of drug-likeness (QED) is 0.760. The number of carbonyl (C=O) groups excluding carboxylic acids is 3. The summed E-state index contributed by atoms with van der Waals surface area (Å²) in [6.07, 6.45) is 3.18. The fourth-order valence-corrected chi connectivity index (χ4v) is 2.73. The summed E-state index contributed by atoms with van der Waals surface area (Å²) in [6, 6.07) is -1.23. The molecule has 1 aliphatic heterocycles. The summed E-state index contributed by atoms with van der Waals surface area (Å²) in [5, 5.41) is 2.60. The summed E-state index contributed by atoms with van der Waals surface area (Å²) in [5.74, 6) is -0.362. The van der Waals surface area contributed by atoms with Gasteiger partial charge in [0.25, 0.3) is 11.8 Å². The molecule has 1 aliphatic rings. The third-order valence-corrected chi connectivity index (χ3v) is 3.74. The number of alkyl carbamates (subject to hydrolysis) is 1. The van der Waals surface area contributed by atoms with Crippen LogP contribution >= 0.6 is 0 Å². The van der Waals surface area contributed by atoms with Gasteiger partial charge in [-0.05, 0) is 33.6 Å². The van der Waals surface area contributed by atoms with Gasteiger partial charge in [0.05, 0.1) is 13.2 Å². The maximum absolute atomic E-state index is 12.9. The van der Waals surface area contributed by atoms with Crippen LogP contribution in [0.1, 0.15) is 60.3 Å². The Labute approximate surface area is 149 Å². The van der Waals surface area contributed by atoms with Crippen molar-refractivity contribution in [2.24, 2.45) is 0 Å². The number of methoxy groups -OCH3 is 1. The first-order chi connectivity index (χ1) is 11.6. The molecule has 1 heterocycles. The van der Waals surface area contributed by atoms with Crippen molar-refractivity contribution in [3.05, 3.63) is 11.8 Å². The van der Waals surface area contributed by atoms with Crippen molar-refractivity contribution >= 4 is 17.9 Å². The highest BCUT2D eigenvalue weighted by atomic mass is 16.6. The van der Waals surface area contributed by atoms with E-state index >= 15 is 0 Å². The second kappa shape index (κ2) is 8.87. The standard InChI is InChI=1S/C18H30N2O5/c1-7-9-12(19-17(23)25-18(3,4)5)16(22)20-13(10-8-2)14(24-6)11-15(20)21/h11-13H,7-10H2,1-6H3,(H,19,23)/t12-,13-/m0/s1. The third kappa shape index (κ3) is 5.76. The first-order valence-electron chi connectivity index (χ1n) is 8.76. The molecule has 0 aromatic rings. The van der Waals surface area contributed by atoms with Crippen LogP contribution in [0.25, 0.3) is 0 Å². The Kier molecular flexibility index (Phi) is 7.45. The highest BCUT2D eigenvalue weighted by molar-refractivity contribution is 6.06. The molecule has 7 heteroatoms. The van der Waals surface area contributed by atoms with Crippen LogP contribution < -0.4 is 5.32 Å². The zero-order valence-electron chi connectivity index (χ0n) is 16.0. The van der Waals surface area contributed by atoms with E-state index in [1.807, 2.05) is 13.8 Å². The molecule has 0 radical (unpaired) electrons. The summed E-state index contributed by atoms with van der Waals surface area (Å²) in [5.41, 5.74) is -0.664. The lowest BCUT2D eigenvalue weighted by Crippen LogP contribution is -2.52. The number of imide groups is 1. The molecule has 1 N–H and O–H groups in total. The monoisotopic (exact) mass is 354 g/mol. The maximum Gasteiger partial charge on any atom is 0.408 e. The molecule has 0 bridgehead atoms. The van der Waals surface area contributed by atoms with Gasteiger partial charge in [0.15, 0.2) is 0 Å². The van der Waals surface area contributed by atoms with Gasteiger partial charge in [-0.3, -0.25) is 14.5 Å². The molecule has 1 rings (SSSR count). The van der Waals surface area contributed by atoms with Crippen molar-refractivity contribution in [1.29, 1.82) is 0 Å². The van der Waals surface area contributed by atoms with E-state index in [0.717, 1.165) is 6.42 Å². The van der Waals surface area contributed by atoms with Crippen LogP contribution in [0.2, 0.25) is 0 Å². The SMILES string of the molecule is CCC[C@H](NC(=O)OC(C)(C)C)C(=O)N1C(=O)C=C(OC)[C@@H]1CCC. The molecule has 0 saturated heterocycles. The van der Waals surface area contributed by atoms with E-state index in [2.05, 4.69) is 5.32 Å². The third-order valence-electron chi connectivity index (χ3n) is 3.74. The number of nitrogens with zero attached hydrogens (tertiary/aromatic N) is 1. The van der Waals surface area contributed by atoms with E-state index in [0.29, 0.717) is 25.0 Å². The average Bonchev–Trinajstić information content (AvgIpc) is 2.80. The van der Waals surface area contributed by atoms with Crippen LogP contribution in [0.3, 0.4) is 0 Å². The molecule has 3 amide bonds. The summed E-state index contributed by atoms with van der Waals surface area (Å²) < 4.78 is 10.5. The van der Waals surface area contributed by atoms with Gasteiger partial charge in [0, 0.05) is 6.08 Å². The lowest BCUT2D eigenvalue weighted by atomic mass is 10.1. The van der Waals surface area contributed by atoms with Crippen LogP contribution in [0.4, 0.5) is 4.79 Å². The number of hydrogen-bond acceptors (Lipinski definition) is 5. The second-order valence-corrected chi connectivity index (χ2v) is 7.09. The predicted molar refractivity (Wildman–Crippen MR) is 93.7 cm³/mol. The lowest BCUT2D eigenvalue weighted by Gasteiger charge is -2.29. The van der Waals surface area contributed by atoms with Gasteiger partial charge in [0.2, 0.25) is 0 Å². The Hall–Kier alpha value is -2.05. The fourth-order valence-electron chi connectivity index (χ4n) is 2.73. The van der Waals surface area contributed by atoms with Crippen LogP contribution in [0, 0.1) is 0 Å². The normalized spacial score (nSPS) is 18.6. The Bertz CT molecular complexity index is 536. The number of carbonyl (C=O) groups is 3. The molecule has 0 aromatic carbocycles. The van der Waals surface area contributed by atoms with E-state index < -0.39 is 35.6 Å². The minimum Gasteiger partial charge on any atom is -0.499 e. The highest BCUT2D eigenvalue weighted by Gasteiger charge is 2.40. The van der Waals surface area contributed by atoms with Crippen molar-refractivity contribution in [2.75, 3.05) is 7.11 Å². The van der Waals surface area contributed by atoms with Crippen LogP contribution in [-0.4, -0.2) is 47.6 Å². The molecule has 142 valence electrons. The Morgan fingerprint density at radius 2 is 1.92 bits per heavy atom. The molecule has 25 heavy (non-hydrogen) atoms. The molecule has 0 unspecified atom stereocenters. The first-order valence-corrected chi connectivity index (χ1v) is 8.76. The van der Waals surface area contributed by atoms with E-state index in [9.17, 15) is 14.4 Å². The molecular weight excluding hydrogens is 324 g/mol. The predicted octanol–water partition coefficient (Wildman–Crippen LogP) is 2.75. The number of rotatable bonds is 7. The number of amides is 3. The van der Waals surface area contributed by atoms with Crippen LogP contribution in [-0.2, 0) is 19.1 Å². The summed E-state index contributed by atoms with van der Waals surface area (Å²) >= 11 is 0. The van der Waals surface area contributed by atoms with Gasteiger partial charge >= 0.3 is 6.09 Å². The van der Waals surface area contributed by atoms with E-state index in [-0.39, 0.29) is 0 Å². The summed E-state index contributed by atoms with van der Waals surface area (Å²) in [6.45, 7) is 9.13. The number of hydrogen-bond donors (Lipinski definition) is 1. The van der Waals surface area contributed by atoms with Gasteiger partial charge in [-0.1, -0.05) is 26.7 Å². The molecular formula is C18H30N2O5. The average molecular weight is 354 g/mol. The highest BCUT2D eigenvalue weighted by Crippen LogP contribution is 2.25. The van der Waals surface area contributed by atoms with Gasteiger partial charge in [-0.15, -0.1) is 0 Å². The summed E-state index contributed by atoms with van der Waals surface area (Å²) in [7, 11) is 1.48. The zero-order valence-corrected chi connectivity index (χ0v) is 16.0. The van der Waals surface area contributed by atoms with Gasteiger partial charge < -0.3 is 14.8 Å². The maximum atomic E-state index is 12.9. The van der Waals surface area contributed by atoms with Crippen LogP contribution in [0.5, 0.6) is 0 Å². The molecule has 0 spiro atoms. The van der Waals surface area contributed by atoms with Crippen molar-refractivity contribution in [2.45, 2.75) is 78.0 Å². The van der Waals surface area contributed by atoms with Gasteiger partial charge in [-0.25, -0.2) is 4.79 Å². The Balaban J connectivity index is 2.94. The first kappa shape index (κ1) is 21.0. The number of ether oxygens (including phenoxy) is 2. The Morgan fingerprint density at radius 1 is 1.28 bits per heavy atom. The minimum atomic E-state index is -0.812. The fraction of sp³-hybridized carbons (Fsp3) is 0.722. The zero-order chi connectivity index (χ0) is 19.2. The van der Waals surface area contributed by atoms with Crippen molar-refractivity contribution in [1.82, 2.24) is 10.2 Å². The van der Waals surface area contributed by atoms with E-state index in [1.54, 1.807) is 20.8 Å². The molecule has 2 atom stereocenters. The molecule has 0 aromatic heterocycles. The van der Waals surface area contributed by atoms with E-state index in [4.69, 9.17) is 9.47 Å². The van der Waals surface area contributed by atoms with Gasteiger partial charge in [-0.2, -0.15) is 0 Å². The van der Waals surface area contributed by atoms with Crippen molar-refractivity contribution in [3.8, 4) is 0 Å². The van der Waals surface area contributed by atoms with Crippen molar-refractivity contribution in [3.63, 3.8) is 0 Å². The van der Waals surface area contributed by atoms with Crippen molar-refractivity contribution < 1.29 is 23.9 Å². The topological polar surface area (TPSA) is 84.9 Å². The molecule has 0 aliphatic carbocycles. The smallest absolute Gasteiger partial charge is 0.408 e. The summed E-state index contributed by atoms with van der Waals surface area (Å²) in [4.78, 5) is 38.5. The van der Waals surface area contributed by atoms with E-state index in [1.165, 1.54) is 18.1 Å². The van der Waals surface area contributed by atoms with Gasteiger partial charge in [0.1, 0.15) is 17.4 Å². The number of nitrogens with one attached hydrogen (secondary N) is 1. The largest absolute Gasteiger partial charge is 0.499 e. The molecule has 7 nitrogen and oxygen atoms in total. The minimum absolute atomic E-state index is 0.410. The Morgan fingerprint density at radius 3 is 2.40 bits per heavy atom. The second-order valence-electron chi connectivity index (χ2n) is 7.09. The lowest BCUT2D eigenvalue weighted by molar-refractivity contribution is -0.144. The van der Waals surface area contributed by atoms with Crippen LogP contribution in [0.15, 0.2) is 11.8 Å².